The third-order valence-corrected chi connectivity index (χ3v) is 2.62. The summed E-state index contributed by atoms with van der Waals surface area (Å²) in [6, 6.07) is 16.4. The first-order chi connectivity index (χ1) is 7.78. The fourth-order valence-corrected chi connectivity index (χ4v) is 1.73. The van der Waals surface area contributed by atoms with Crippen LogP contribution in [0.4, 0.5) is 5.69 Å². The van der Waals surface area contributed by atoms with Gasteiger partial charge in [0, 0.05) is 12.2 Å². The molecule has 4 N–H and O–H groups in total. The summed E-state index contributed by atoms with van der Waals surface area (Å²) >= 11 is 0. The van der Waals surface area contributed by atoms with E-state index in [1.807, 2.05) is 18.2 Å². The molecule has 2 heteroatoms. The molecule has 82 valence electrons. The molecule has 0 radical (unpaired) electrons. The van der Waals surface area contributed by atoms with E-state index >= 15 is 0 Å². The first-order valence-electron chi connectivity index (χ1n) is 5.40. The van der Waals surface area contributed by atoms with Crippen molar-refractivity contribution in [1.82, 2.24) is 0 Å². The minimum absolute atomic E-state index is 0.596. The molecular formula is C14H16N2. The lowest BCUT2D eigenvalue weighted by Gasteiger charge is -2.04. The van der Waals surface area contributed by atoms with Crippen molar-refractivity contribution < 1.29 is 0 Å². The van der Waals surface area contributed by atoms with Crippen molar-refractivity contribution >= 4 is 5.69 Å². The summed E-state index contributed by atoms with van der Waals surface area (Å²) in [5.41, 5.74) is 15.8. The van der Waals surface area contributed by atoms with Crippen LogP contribution in [0.2, 0.25) is 0 Å². The summed E-state index contributed by atoms with van der Waals surface area (Å²) in [5, 5.41) is 0. The van der Waals surface area contributed by atoms with E-state index in [0.717, 1.165) is 17.7 Å². The van der Waals surface area contributed by atoms with E-state index in [9.17, 15) is 0 Å². The summed E-state index contributed by atoms with van der Waals surface area (Å²) in [4.78, 5) is 0. The Morgan fingerprint density at radius 3 is 2.12 bits per heavy atom. The maximum Gasteiger partial charge on any atom is 0.0316 e. The van der Waals surface area contributed by atoms with Gasteiger partial charge in [0.25, 0.3) is 0 Å². The molecule has 0 bridgehead atoms. The third-order valence-electron chi connectivity index (χ3n) is 2.62. The average molecular weight is 212 g/mol. The van der Waals surface area contributed by atoms with Crippen molar-refractivity contribution in [3.05, 3.63) is 65.2 Å². The van der Waals surface area contributed by atoms with E-state index < -0.39 is 0 Å². The molecule has 2 rings (SSSR count). The van der Waals surface area contributed by atoms with E-state index in [1.165, 1.54) is 11.1 Å². The van der Waals surface area contributed by atoms with Crippen molar-refractivity contribution in [2.24, 2.45) is 5.73 Å². The molecule has 0 aromatic heterocycles. The Bertz CT molecular complexity index is 460. The Balaban J connectivity index is 2.14. The maximum absolute atomic E-state index is 5.74. The molecule has 2 aromatic carbocycles. The zero-order chi connectivity index (χ0) is 11.4. The highest BCUT2D eigenvalue weighted by atomic mass is 14.5. The van der Waals surface area contributed by atoms with Crippen molar-refractivity contribution in [3.63, 3.8) is 0 Å². The lowest BCUT2D eigenvalue weighted by molar-refractivity contribution is 1.06. The second-order valence-electron chi connectivity index (χ2n) is 3.94. The lowest BCUT2D eigenvalue weighted by atomic mass is 10.0. The first-order valence-corrected chi connectivity index (χ1v) is 5.40. The van der Waals surface area contributed by atoms with Crippen molar-refractivity contribution in [2.45, 2.75) is 13.0 Å². The first kappa shape index (κ1) is 10.7. The third kappa shape index (κ3) is 2.61. The van der Waals surface area contributed by atoms with Gasteiger partial charge in [0.15, 0.2) is 0 Å². The number of hydrogen-bond acceptors (Lipinski definition) is 2. The predicted octanol–water partition coefficient (Wildman–Crippen LogP) is 2.32. The number of nitrogen functional groups attached to an aromatic ring is 1. The van der Waals surface area contributed by atoms with Crippen molar-refractivity contribution in [3.8, 4) is 0 Å². The largest absolute Gasteiger partial charge is 0.399 e. The van der Waals surface area contributed by atoms with E-state index in [1.54, 1.807) is 0 Å². The van der Waals surface area contributed by atoms with E-state index in [0.29, 0.717) is 6.54 Å². The molecule has 0 unspecified atom stereocenters. The minimum atomic E-state index is 0.596. The van der Waals surface area contributed by atoms with E-state index in [-0.39, 0.29) is 0 Å². The van der Waals surface area contributed by atoms with E-state index in [2.05, 4.69) is 30.3 Å². The number of anilines is 1. The monoisotopic (exact) mass is 212 g/mol. The second-order valence-corrected chi connectivity index (χ2v) is 3.94. The van der Waals surface area contributed by atoms with Gasteiger partial charge in [-0.2, -0.15) is 0 Å². The smallest absolute Gasteiger partial charge is 0.0316 e. The minimum Gasteiger partial charge on any atom is -0.399 e. The normalized spacial score (nSPS) is 10.3. The van der Waals surface area contributed by atoms with Crippen LogP contribution in [0.25, 0.3) is 0 Å². The highest BCUT2D eigenvalue weighted by molar-refractivity contribution is 5.42. The predicted molar refractivity (Wildman–Crippen MR) is 68.0 cm³/mol. The highest BCUT2D eigenvalue weighted by Gasteiger charge is 1.97. The summed E-state index contributed by atoms with van der Waals surface area (Å²) in [6.07, 6.45) is 0.913. The lowest BCUT2D eigenvalue weighted by Crippen LogP contribution is -1.96. The van der Waals surface area contributed by atoms with Gasteiger partial charge in [-0.1, -0.05) is 36.4 Å². The molecule has 0 spiro atoms. The van der Waals surface area contributed by atoms with Gasteiger partial charge in [-0.05, 0) is 35.2 Å². The van der Waals surface area contributed by atoms with Gasteiger partial charge < -0.3 is 11.5 Å². The zero-order valence-electron chi connectivity index (χ0n) is 9.19. The summed E-state index contributed by atoms with van der Waals surface area (Å²) in [5.74, 6) is 0. The average Bonchev–Trinajstić information content (AvgIpc) is 2.30. The molecule has 2 nitrogen and oxygen atoms in total. The van der Waals surface area contributed by atoms with Crippen LogP contribution in [0.15, 0.2) is 48.5 Å². The van der Waals surface area contributed by atoms with Gasteiger partial charge in [-0.15, -0.1) is 0 Å². The van der Waals surface area contributed by atoms with Gasteiger partial charge in [-0.3, -0.25) is 0 Å². The number of nitrogens with two attached hydrogens (primary N) is 2. The topological polar surface area (TPSA) is 52.0 Å². The van der Waals surface area contributed by atoms with Crippen LogP contribution in [0.3, 0.4) is 0 Å². The number of benzene rings is 2. The Kier molecular flexibility index (Phi) is 3.22. The molecule has 0 saturated heterocycles. The van der Waals surface area contributed by atoms with Crippen LogP contribution in [-0.4, -0.2) is 0 Å². The zero-order valence-corrected chi connectivity index (χ0v) is 9.19. The van der Waals surface area contributed by atoms with Crippen molar-refractivity contribution in [2.75, 3.05) is 5.73 Å². The molecule has 0 aliphatic carbocycles. The quantitative estimate of drug-likeness (QED) is 0.767. The van der Waals surface area contributed by atoms with Crippen LogP contribution in [0.5, 0.6) is 0 Å². The Morgan fingerprint density at radius 1 is 0.812 bits per heavy atom. The van der Waals surface area contributed by atoms with Gasteiger partial charge in [-0.25, -0.2) is 0 Å². The summed E-state index contributed by atoms with van der Waals surface area (Å²) in [6.45, 7) is 0.596. The van der Waals surface area contributed by atoms with Crippen LogP contribution in [-0.2, 0) is 13.0 Å². The summed E-state index contributed by atoms with van der Waals surface area (Å²) in [7, 11) is 0. The molecule has 16 heavy (non-hydrogen) atoms. The van der Waals surface area contributed by atoms with Crippen LogP contribution in [0, 0.1) is 0 Å². The molecule has 0 heterocycles. The van der Waals surface area contributed by atoms with Gasteiger partial charge >= 0.3 is 0 Å². The highest BCUT2D eigenvalue weighted by Crippen LogP contribution is 2.13. The molecule has 2 aromatic rings. The number of rotatable bonds is 3. The van der Waals surface area contributed by atoms with Crippen molar-refractivity contribution in [1.29, 1.82) is 0 Å². The maximum atomic E-state index is 5.74. The van der Waals surface area contributed by atoms with Crippen LogP contribution in [0.1, 0.15) is 16.7 Å². The SMILES string of the molecule is NCc1ccc(Cc2cccc(N)c2)cc1. The number of hydrogen-bond donors (Lipinski definition) is 2. The molecule has 0 fully saturated rings. The molecule has 0 aliphatic rings. The van der Waals surface area contributed by atoms with Gasteiger partial charge in [0.05, 0.1) is 0 Å². The Hall–Kier alpha value is -1.80. The molecule has 0 atom stereocenters. The van der Waals surface area contributed by atoms with Gasteiger partial charge in [0.1, 0.15) is 0 Å². The Morgan fingerprint density at radius 2 is 1.50 bits per heavy atom. The summed E-state index contributed by atoms with van der Waals surface area (Å²) < 4.78 is 0. The molecule has 0 amide bonds. The van der Waals surface area contributed by atoms with Crippen LogP contribution >= 0.6 is 0 Å². The molecular weight excluding hydrogens is 196 g/mol. The van der Waals surface area contributed by atoms with Gasteiger partial charge in [0.2, 0.25) is 0 Å². The van der Waals surface area contributed by atoms with Crippen LogP contribution < -0.4 is 11.5 Å². The molecule has 0 saturated carbocycles. The fraction of sp³-hybridized carbons (Fsp3) is 0.143. The molecule has 0 aliphatic heterocycles. The standard InChI is InChI=1S/C14H16N2/c15-10-12-6-4-11(5-7-12)8-13-2-1-3-14(16)9-13/h1-7,9H,8,10,15-16H2. The second kappa shape index (κ2) is 4.81. The Labute approximate surface area is 95.9 Å². The fourth-order valence-electron chi connectivity index (χ4n) is 1.73. The van der Waals surface area contributed by atoms with E-state index in [4.69, 9.17) is 11.5 Å².